The van der Waals surface area contributed by atoms with Crippen LogP contribution in [0.5, 0.6) is 0 Å². The number of thiophene rings is 1. The molecule has 2 heterocycles. The fourth-order valence-electron chi connectivity index (χ4n) is 1.89. The van der Waals surface area contributed by atoms with Crippen LogP contribution in [0.15, 0.2) is 12.1 Å². The van der Waals surface area contributed by atoms with Crippen LogP contribution in [-0.4, -0.2) is 35.7 Å². The summed E-state index contributed by atoms with van der Waals surface area (Å²) in [6, 6.07) is 3.52. The number of carboxylic acid groups (broad SMARTS) is 1. The van der Waals surface area contributed by atoms with Crippen LogP contribution in [-0.2, 0) is 9.59 Å². The molecule has 0 unspecified atom stereocenters. The molecule has 0 radical (unpaired) electrons. The molecule has 96 valence electrons. The van der Waals surface area contributed by atoms with Crippen LogP contribution in [0.1, 0.15) is 28.9 Å². The molecule has 2 rings (SSSR count). The number of hydrogen-bond donors (Lipinski definition) is 1. The molecule has 0 amide bonds. The summed E-state index contributed by atoms with van der Waals surface area (Å²) in [7, 11) is 0. The smallest absolute Gasteiger partial charge is 0.372 e. The highest BCUT2D eigenvalue weighted by Gasteiger charge is 2.20. The first-order valence-corrected chi connectivity index (χ1v) is 6.53. The summed E-state index contributed by atoms with van der Waals surface area (Å²) in [6.07, 6.45) is 1.74. The lowest BCUT2D eigenvalue weighted by molar-refractivity contribution is -0.148. The number of hydrogen-bond acceptors (Lipinski definition) is 5. The lowest BCUT2D eigenvalue weighted by atomic mass is 10.2. The van der Waals surface area contributed by atoms with Crippen molar-refractivity contribution in [2.45, 2.75) is 19.3 Å². The molecular weight excluding hydrogens is 254 g/mol. The minimum atomic E-state index is -1.56. The standard InChI is InChI=1S/C12H13NO4S/c14-8(7-9(15)12(16)17)10-3-4-11(18-10)13-5-1-2-6-13/h3-4H,1-2,5-7H2,(H,16,17). The number of carbonyl (C=O) groups excluding carboxylic acids is 2. The van der Waals surface area contributed by atoms with E-state index in [0.29, 0.717) is 4.88 Å². The maximum atomic E-state index is 11.7. The van der Waals surface area contributed by atoms with E-state index in [1.54, 1.807) is 6.07 Å². The average Bonchev–Trinajstić information content (AvgIpc) is 2.99. The minimum Gasteiger partial charge on any atom is -0.475 e. The lowest BCUT2D eigenvalue weighted by Gasteiger charge is -2.13. The van der Waals surface area contributed by atoms with Crippen molar-refractivity contribution in [3.8, 4) is 0 Å². The van der Waals surface area contributed by atoms with E-state index in [2.05, 4.69) is 4.90 Å². The van der Waals surface area contributed by atoms with Gasteiger partial charge < -0.3 is 10.0 Å². The van der Waals surface area contributed by atoms with Gasteiger partial charge in [0.1, 0.15) is 0 Å². The second-order valence-electron chi connectivity index (χ2n) is 4.16. The molecule has 5 nitrogen and oxygen atoms in total. The largest absolute Gasteiger partial charge is 0.475 e. The van der Waals surface area contributed by atoms with E-state index in [1.807, 2.05) is 6.07 Å². The maximum absolute atomic E-state index is 11.7. The first-order chi connectivity index (χ1) is 8.58. The van der Waals surface area contributed by atoms with Crippen molar-refractivity contribution < 1.29 is 19.5 Å². The van der Waals surface area contributed by atoms with Crippen molar-refractivity contribution in [2.24, 2.45) is 0 Å². The number of carboxylic acids is 1. The van der Waals surface area contributed by atoms with E-state index in [0.717, 1.165) is 30.9 Å². The Morgan fingerprint density at radius 1 is 1.22 bits per heavy atom. The second-order valence-corrected chi connectivity index (χ2v) is 5.22. The molecule has 0 aliphatic carbocycles. The van der Waals surface area contributed by atoms with Crippen LogP contribution >= 0.6 is 11.3 Å². The van der Waals surface area contributed by atoms with Gasteiger partial charge in [0.2, 0.25) is 5.78 Å². The Morgan fingerprint density at radius 3 is 2.50 bits per heavy atom. The van der Waals surface area contributed by atoms with Gasteiger partial charge in [0, 0.05) is 13.1 Å². The normalized spacial score (nSPS) is 14.8. The maximum Gasteiger partial charge on any atom is 0.372 e. The van der Waals surface area contributed by atoms with E-state index in [1.165, 1.54) is 11.3 Å². The zero-order chi connectivity index (χ0) is 13.1. The number of Topliss-reactive ketones (excluding diaryl/α,β-unsaturated/α-hetero) is 2. The molecule has 0 saturated carbocycles. The Kier molecular flexibility index (Phi) is 3.76. The number of nitrogens with zero attached hydrogens (tertiary/aromatic N) is 1. The minimum absolute atomic E-state index is 0.419. The quantitative estimate of drug-likeness (QED) is 0.498. The third kappa shape index (κ3) is 2.76. The summed E-state index contributed by atoms with van der Waals surface area (Å²) in [5.74, 6) is -3.03. The zero-order valence-electron chi connectivity index (χ0n) is 9.72. The molecule has 6 heteroatoms. The topological polar surface area (TPSA) is 74.7 Å². The summed E-state index contributed by atoms with van der Waals surface area (Å²) in [5, 5.41) is 9.46. The molecule has 1 saturated heterocycles. The van der Waals surface area contributed by atoms with E-state index >= 15 is 0 Å². The first-order valence-electron chi connectivity index (χ1n) is 5.72. The van der Waals surface area contributed by atoms with Gasteiger partial charge in [0.15, 0.2) is 5.78 Å². The molecule has 1 aliphatic heterocycles. The molecule has 0 atom stereocenters. The fourth-order valence-corrected chi connectivity index (χ4v) is 2.89. The molecule has 1 aromatic heterocycles. The summed E-state index contributed by atoms with van der Waals surface area (Å²) < 4.78 is 0. The van der Waals surface area contributed by atoms with Crippen molar-refractivity contribution >= 4 is 33.9 Å². The van der Waals surface area contributed by atoms with Gasteiger partial charge >= 0.3 is 5.97 Å². The van der Waals surface area contributed by atoms with Crippen molar-refractivity contribution in [3.63, 3.8) is 0 Å². The Labute approximate surface area is 108 Å². The van der Waals surface area contributed by atoms with Crippen molar-refractivity contribution in [1.82, 2.24) is 0 Å². The van der Waals surface area contributed by atoms with Crippen LogP contribution in [0, 0.1) is 0 Å². The van der Waals surface area contributed by atoms with E-state index in [-0.39, 0.29) is 0 Å². The van der Waals surface area contributed by atoms with Crippen molar-refractivity contribution in [1.29, 1.82) is 0 Å². The van der Waals surface area contributed by atoms with Crippen molar-refractivity contribution in [2.75, 3.05) is 18.0 Å². The molecule has 0 bridgehead atoms. The molecule has 18 heavy (non-hydrogen) atoms. The monoisotopic (exact) mass is 267 g/mol. The Balaban J connectivity index is 2.03. The van der Waals surface area contributed by atoms with Gasteiger partial charge in [-0.2, -0.15) is 0 Å². The summed E-state index contributed by atoms with van der Waals surface area (Å²) in [6.45, 7) is 1.98. The SMILES string of the molecule is O=C(O)C(=O)CC(=O)c1ccc(N2CCCC2)s1. The molecule has 1 aromatic rings. The van der Waals surface area contributed by atoms with E-state index in [4.69, 9.17) is 5.11 Å². The molecular formula is C12H13NO4S. The van der Waals surface area contributed by atoms with Gasteiger partial charge in [-0.05, 0) is 25.0 Å². The van der Waals surface area contributed by atoms with Gasteiger partial charge in [0.25, 0.3) is 0 Å². The van der Waals surface area contributed by atoms with Gasteiger partial charge in [-0.15, -0.1) is 11.3 Å². The van der Waals surface area contributed by atoms with Crippen LogP contribution < -0.4 is 4.90 Å². The number of carbonyl (C=O) groups is 3. The summed E-state index contributed by atoms with van der Waals surface area (Å²) in [4.78, 5) is 35.7. The van der Waals surface area contributed by atoms with Crippen LogP contribution in [0.3, 0.4) is 0 Å². The number of aliphatic carboxylic acids is 1. The second kappa shape index (κ2) is 5.30. The van der Waals surface area contributed by atoms with Gasteiger partial charge in [-0.3, -0.25) is 9.59 Å². The average molecular weight is 267 g/mol. The first kappa shape index (κ1) is 12.8. The van der Waals surface area contributed by atoms with E-state index < -0.39 is 24.0 Å². The predicted molar refractivity (Wildman–Crippen MR) is 67.4 cm³/mol. The number of anilines is 1. The number of rotatable bonds is 5. The molecule has 0 aromatic carbocycles. The van der Waals surface area contributed by atoms with Crippen molar-refractivity contribution in [3.05, 3.63) is 17.0 Å². The van der Waals surface area contributed by atoms with Gasteiger partial charge in [-0.25, -0.2) is 4.79 Å². The Bertz CT molecular complexity index is 488. The summed E-state index contributed by atoms with van der Waals surface area (Å²) >= 11 is 1.32. The van der Waals surface area contributed by atoms with E-state index in [9.17, 15) is 14.4 Å². The zero-order valence-corrected chi connectivity index (χ0v) is 10.5. The third-order valence-corrected chi connectivity index (χ3v) is 4.03. The van der Waals surface area contributed by atoms with Crippen LogP contribution in [0.2, 0.25) is 0 Å². The highest BCUT2D eigenvalue weighted by molar-refractivity contribution is 7.18. The highest BCUT2D eigenvalue weighted by Crippen LogP contribution is 2.29. The molecule has 0 spiro atoms. The lowest BCUT2D eigenvalue weighted by Crippen LogP contribution is -2.17. The predicted octanol–water partition coefficient (Wildman–Crippen LogP) is 1.57. The number of ketones is 2. The Hall–Kier alpha value is -1.69. The fraction of sp³-hybridized carbons (Fsp3) is 0.417. The Morgan fingerprint density at radius 2 is 1.89 bits per heavy atom. The third-order valence-electron chi connectivity index (χ3n) is 2.84. The molecule has 1 fully saturated rings. The highest BCUT2D eigenvalue weighted by atomic mass is 32.1. The molecule has 1 aliphatic rings. The van der Waals surface area contributed by atoms with Crippen LogP contribution in [0.4, 0.5) is 5.00 Å². The summed E-state index contributed by atoms with van der Waals surface area (Å²) in [5.41, 5.74) is 0. The van der Waals surface area contributed by atoms with Crippen LogP contribution in [0.25, 0.3) is 0 Å². The van der Waals surface area contributed by atoms with Gasteiger partial charge in [-0.1, -0.05) is 0 Å². The van der Waals surface area contributed by atoms with Gasteiger partial charge in [0.05, 0.1) is 16.3 Å². The molecule has 1 N–H and O–H groups in total.